The van der Waals surface area contributed by atoms with Crippen LogP contribution < -0.4 is 0 Å². The van der Waals surface area contributed by atoms with E-state index in [0.29, 0.717) is 16.1 Å². The number of thiophene rings is 1. The first-order valence-electron chi connectivity index (χ1n) is 5.69. The summed E-state index contributed by atoms with van der Waals surface area (Å²) in [7, 11) is 1.63. The summed E-state index contributed by atoms with van der Waals surface area (Å²) in [5.41, 5.74) is 1.10. The Kier molecular flexibility index (Phi) is 4.36. The molecule has 0 fully saturated rings. The highest BCUT2D eigenvalue weighted by Gasteiger charge is 2.16. The molecule has 0 N–H and O–H groups in total. The quantitative estimate of drug-likeness (QED) is 0.640. The molecule has 1 heterocycles. The largest absolute Gasteiger partial charge is 0.337 e. The smallest absolute Gasteiger partial charge is 0.269 e. The van der Waals surface area contributed by atoms with Crippen LogP contribution in [0.4, 0.5) is 5.69 Å². The summed E-state index contributed by atoms with van der Waals surface area (Å²) in [6.07, 6.45) is 0. The number of hydrogen-bond acceptors (Lipinski definition) is 4. The predicted octanol–water partition coefficient (Wildman–Crippen LogP) is 3.58. The molecular formula is C13H11ClN2O3S. The number of carbonyl (C=O) groups excluding carboxylic acids is 1. The maximum Gasteiger partial charge on any atom is 0.269 e. The van der Waals surface area contributed by atoms with Crippen LogP contribution in [0.1, 0.15) is 15.9 Å². The molecule has 1 aromatic carbocycles. The van der Waals surface area contributed by atoms with E-state index in [-0.39, 0.29) is 18.1 Å². The third kappa shape index (κ3) is 3.15. The van der Waals surface area contributed by atoms with Crippen molar-refractivity contribution in [3.05, 3.63) is 61.3 Å². The molecule has 1 amide bonds. The maximum atomic E-state index is 12.1. The number of rotatable bonds is 4. The van der Waals surface area contributed by atoms with Crippen LogP contribution in [0.5, 0.6) is 0 Å². The zero-order valence-electron chi connectivity index (χ0n) is 10.6. The lowest BCUT2D eigenvalue weighted by Crippen LogP contribution is -2.25. The minimum absolute atomic E-state index is 0.0409. The van der Waals surface area contributed by atoms with Gasteiger partial charge in [-0.1, -0.05) is 11.6 Å². The molecule has 0 aliphatic carbocycles. The van der Waals surface area contributed by atoms with E-state index >= 15 is 0 Å². The van der Waals surface area contributed by atoms with Crippen LogP contribution in [-0.2, 0) is 6.54 Å². The summed E-state index contributed by atoms with van der Waals surface area (Å²) >= 11 is 7.45. The number of benzene rings is 1. The molecule has 2 aromatic rings. The molecule has 104 valence electrons. The van der Waals surface area contributed by atoms with Crippen molar-refractivity contribution in [1.82, 2.24) is 4.90 Å². The molecule has 0 aliphatic heterocycles. The van der Waals surface area contributed by atoms with E-state index in [1.165, 1.54) is 34.4 Å². The second-order valence-corrected chi connectivity index (χ2v) is 5.39. The lowest BCUT2D eigenvalue weighted by molar-refractivity contribution is -0.384. The summed E-state index contributed by atoms with van der Waals surface area (Å²) in [4.78, 5) is 23.8. The van der Waals surface area contributed by atoms with Gasteiger partial charge < -0.3 is 4.90 Å². The predicted molar refractivity (Wildman–Crippen MR) is 78.2 cm³/mol. The Hall–Kier alpha value is -1.92. The summed E-state index contributed by atoms with van der Waals surface area (Å²) < 4.78 is 0. The fourth-order valence-electron chi connectivity index (χ4n) is 1.73. The van der Waals surface area contributed by atoms with Crippen LogP contribution in [0.2, 0.25) is 5.02 Å². The lowest BCUT2D eigenvalue weighted by atomic mass is 10.2. The monoisotopic (exact) mass is 310 g/mol. The van der Waals surface area contributed by atoms with Gasteiger partial charge in [0.05, 0.1) is 10.5 Å². The topological polar surface area (TPSA) is 63.4 Å². The van der Waals surface area contributed by atoms with Crippen molar-refractivity contribution in [3.8, 4) is 0 Å². The first-order chi connectivity index (χ1) is 9.49. The standard InChI is InChI=1S/C13H11ClN2O3S/c1-15(13(17)9-4-5-20-8-9)7-10-6-11(16(18)19)2-3-12(10)14/h2-6,8H,7H2,1H3. The van der Waals surface area contributed by atoms with Gasteiger partial charge in [0.25, 0.3) is 11.6 Å². The Morgan fingerprint density at radius 1 is 1.45 bits per heavy atom. The highest BCUT2D eigenvalue weighted by Crippen LogP contribution is 2.23. The Labute approximate surface area is 124 Å². The minimum atomic E-state index is -0.486. The van der Waals surface area contributed by atoms with Crippen LogP contribution >= 0.6 is 22.9 Å². The Balaban J connectivity index is 2.19. The molecule has 0 saturated carbocycles. The molecule has 2 rings (SSSR count). The average molecular weight is 311 g/mol. The number of nitro groups is 1. The second-order valence-electron chi connectivity index (χ2n) is 4.21. The van der Waals surface area contributed by atoms with Gasteiger partial charge in [-0.25, -0.2) is 0 Å². The maximum absolute atomic E-state index is 12.1. The van der Waals surface area contributed by atoms with Gasteiger partial charge in [0.15, 0.2) is 0 Å². The average Bonchev–Trinajstić information content (AvgIpc) is 2.94. The van der Waals surface area contributed by atoms with E-state index in [1.54, 1.807) is 18.5 Å². The molecule has 7 heteroatoms. The molecule has 0 unspecified atom stereocenters. The Bertz CT molecular complexity index is 643. The van der Waals surface area contributed by atoms with E-state index in [4.69, 9.17) is 11.6 Å². The summed E-state index contributed by atoms with van der Waals surface area (Å²) in [5, 5.41) is 14.7. The highest BCUT2D eigenvalue weighted by atomic mass is 35.5. The van der Waals surface area contributed by atoms with Crippen molar-refractivity contribution in [2.75, 3.05) is 7.05 Å². The SMILES string of the molecule is CN(Cc1cc([N+](=O)[O-])ccc1Cl)C(=O)c1ccsc1. The number of halogens is 1. The molecule has 0 atom stereocenters. The molecule has 0 aliphatic rings. The van der Waals surface area contributed by atoms with Gasteiger partial charge >= 0.3 is 0 Å². The van der Waals surface area contributed by atoms with Crippen molar-refractivity contribution < 1.29 is 9.72 Å². The van der Waals surface area contributed by atoms with E-state index in [9.17, 15) is 14.9 Å². The summed E-state index contributed by atoms with van der Waals surface area (Å²) in [5.74, 6) is -0.145. The van der Waals surface area contributed by atoms with Crippen molar-refractivity contribution in [1.29, 1.82) is 0 Å². The number of non-ortho nitro benzene ring substituents is 1. The highest BCUT2D eigenvalue weighted by molar-refractivity contribution is 7.08. The molecule has 20 heavy (non-hydrogen) atoms. The van der Waals surface area contributed by atoms with Crippen LogP contribution in [0.25, 0.3) is 0 Å². The fourth-order valence-corrected chi connectivity index (χ4v) is 2.54. The zero-order chi connectivity index (χ0) is 14.7. The third-order valence-electron chi connectivity index (χ3n) is 2.76. The normalized spacial score (nSPS) is 10.3. The molecule has 0 spiro atoms. The van der Waals surface area contributed by atoms with Gasteiger partial charge in [0.2, 0.25) is 0 Å². The van der Waals surface area contributed by atoms with Gasteiger partial charge in [0, 0.05) is 36.1 Å². The van der Waals surface area contributed by atoms with Crippen LogP contribution in [0, 0.1) is 10.1 Å². The summed E-state index contributed by atoms with van der Waals surface area (Å²) in [6, 6.07) is 5.93. The number of amides is 1. The molecule has 5 nitrogen and oxygen atoms in total. The van der Waals surface area contributed by atoms with Crippen molar-refractivity contribution in [2.45, 2.75) is 6.54 Å². The van der Waals surface area contributed by atoms with Gasteiger partial charge in [-0.05, 0) is 23.1 Å². The second kappa shape index (κ2) is 6.02. The molecule has 0 bridgehead atoms. The van der Waals surface area contributed by atoms with E-state index in [0.717, 1.165) is 0 Å². The van der Waals surface area contributed by atoms with Crippen LogP contribution in [-0.4, -0.2) is 22.8 Å². The van der Waals surface area contributed by atoms with Crippen LogP contribution in [0.15, 0.2) is 35.0 Å². The number of carbonyl (C=O) groups is 1. The zero-order valence-corrected chi connectivity index (χ0v) is 12.1. The van der Waals surface area contributed by atoms with Crippen molar-refractivity contribution in [3.63, 3.8) is 0 Å². The first-order valence-corrected chi connectivity index (χ1v) is 7.01. The van der Waals surface area contributed by atoms with Gasteiger partial charge in [-0.2, -0.15) is 11.3 Å². The fraction of sp³-hybridized carbons (Fsp3) is 0.154. The molecular weight excluding hydrogens is 300 g/mol. The first kappa shape index (κ1) is 14.5. The Morgan fingerprint density at radius 2 is 2.20 bits per heavy atom. The molecule has 0 radical (unpaired) electrons. The third-order valence-corrected chi connectivity index (χ3v) is 3.81. The van der Waals surface area contributed by atoms with Gasteiger partial charge in [-0.15, -0.1) is 0 Å². The van der Waals surface area contributed by atoms with E-state index < -0.39 is 4.92 Å². The van der Waals surface area contributed by atoms with Gasteiger partial charge in [0.1, 0.15) is 0 Å². The van der Waals surface area contributed by atoms with E-state index in [2.05, 4.69) is 0 Å². The molecule has 1 aromatic heterocycles. The Morgan fingerprint density at radius 3 is 2.80 bits per heavy atom. The number of hydrogen-bond donors (Lipinski definition) is 0. The van der Waals surface area contributed by atoms with Crippen molar-refractivity contribution >= 4 is 34.5 Å². The molecule has 0 saturated heterocycles. The summed E-state index contributed by atoms with van der Waals surface area (Å²) in [6.45, 7) is 0.217. The minimum Gasteiger partial charge on any atom is -0.337 e. The van der Waals surface area contributed by atoms with Gasteiger partial charge in [-0.3, -0.25) is 14.9 Å². The lowest BCUT2D eigenvalue weighted by Gasteiger charge is -2.17. The number of nitro benzene ring substituents is 1. The van der Waals surface area contributed by atoms with E-state index in [1.807, 2.05) is 5.38 Å². The number of nitrogens with zero attached hydrogens (tertiary/aromatic N) is 2. The van der Waals surface area contributed by atoms with Crippen LogP contribution in [0.3, 0.4) is 0 Å². The van der Waals surface area contributed by atoms with Crippen molar-refractivity contribution in [2.24, 2.45) is 0 Å².